The standard InChI is InChI=1S/C36H33ClN6O6S2/c1-5-11-26-30(34(45)49-7-3)31(25-14-8-9-15-27(25)48-4)42-33(44)29(51-35(42)38-26)20-22-19-24(43(46)47)16-17-28(22)50-36-40-39-32(41(36)6-2)21-12-10-13-23(37)18-21/h8-10,12-20,31H,5-7,11H2,1-4H3/b29-20+/t31-/m1/s1. The number of methoxy groups -OCH3 is 1. The number of thiazole rings is 1. The topological polar surface area (TPSA) is 144 Å². The summed E-state index contributed by atoms with van der Waals surface area (Å²) in [5.41, 5.74) is 2.06. The highest BCUT2D eigenvalue weighted by Crippen LogP contribution is 2.38. The number of nitro benzene ring substituents is 1. The summed E-state index contributed by atoms with van der Waals surface area (Å²) < 4.78 is 14.9. The summed E-state index contributed by atoms with van der Waals surface area (Å²) in [4.78, 5) is 45.3. The SMILES string of the molecule is CCCC1=C(C(=O)OCC)[C@@H](c2ccccc2OC)n2c(s/c(=C/c3cc([N+](=O)[O-])ccc3Sc3nnc(-c4cccc(Cl)c4)n3CC)c2=O)=N1. The van der Waals surface area contributed by atoms with Crippen LogP contribution in [0, 0.1) is 10.1 Å². The van der Waals surface area contributed by atoms with Crippen molar-refractivity contribution in [1.29, 1.82) is 0 Å². The zero-order valence-electron chi connectivity index (χ0n) is 28.2. The van der Waals surface area contributed by atoms with Crippen LogP contribution >= 0.6 is 34.7 Å². The molecule has 1 atom stereocenters. The molecule has 15 heteroatoms. The number of benzene rings is 3. The third-order valence-electron chi connectivity index (χ3n) is 8.13. The van der Waals surface area contributed by atoms with E-state index in [-0.39, 0.29) is 22.4 Å². The van der Waals surface area contributed by atoms with Gasteiger partial charge in [0, 0.05) is 39.7 Å². The lowest BCUT2D eigenvalue weighted by Crippen LogP contribution is -2.40. The number of carbonyl (C=O) groups is 1. The highest BCUT2D eigenvalue weighted by atomic mass is 35.5. The molecule has 0 radical (unpaired) electrons. The van der Waals surface area contributed by atoms with Crippen molar-refractivity contribution in [3.05, 3.63) is 124 Å². The molecule has 0 fully saturated rings. The number of rotatable bonds is 12. The molecule has 1 aliphatic rings. The highest BCUT2D eigenvalue weighted by Gasteiger charge is 2.36. The van der Waals surface area contributed by atoms with Crippen molar-refractivity contribution in [2.45, 2.75) is 56.3 Å². The average Bonchev–Trinajstić information content (AvgIpc) is 3.67. The Labute approximate surface area is 305 Å². The lowest BCUT2D eigenvalue weighted by molar-refractivity contribution is -0.384. The van der Waals surface area contributed by atoms with Gasteiger partial charge in [0.2, 0.25) is 0 Å². The van der Waals surface area contributed by atoms with Gasteiger partial charge in [0.1, 0.15) is 11.8 Å². The molecule has 0 spiro atoms. The Balaban J connectivity index is 1.53. The van der Waals surface area contributed by atoms with Gasteiger partial charge < -0.3 is 14.0 Å². The molecule has 0 aliphatic carbocycles. The zero-order chi connectivity index (χ0) is 36.2. The van der Waals surface area contributed by atoms with Gasteiger partial charge in [-0.15, -0.1) is 10.2 Å². The van der Waals surface area contributed by atoms with E-state index < -0.39 is 22.5 Å². The highest BCUT2D eigenvalue weighted by molar-refractivity contribution is 7.99. The van der Waals surface area contributed by atoms with Gasteiger partial charge in [0.25, 0.3) is 11.2 Å². The Morgan fingerprint density at radius 1 is 1.10 bits per heavy atom. The predicted molar refractivity (Wildman–Crippen MR) is 196 cm³/mol. The van der Waals surface area contributed by atoms with Crippen molar-refractivity contribution in [2.75, 3.05) is 13.7 Å². The Morgan fingerprint density at radius 2 is 1.90 bits per heavy atom. The number of para-hydroxylation sites is 1. The van der Waals surface area contributed by atoms with Crippen LogP contribution in [0.1, 0.15) is 50.8 Å². The molecule has 0 N–H and O–H groups in total. The van der Waals surface area contributed by atoms with E-state index in [0.717, 1.165) is 16.9 Å². The van der Waals surface area contributed by atoms with E-state index in [1.807, 2.05) is 48.7 Å². The fraction of sp³-hybridized carbons (Fsp3) is 0.250. The number of nitro groups is 1. The van der Waals surface area contributed by atoms with Crippen molar-refractivity contribution >= 4 is 52.4 Å². The number of allylic oxidation sites excluding steroid dienone is 1. The number of hydrogen-bond acceptors (Lipinski definition) is 11. The van der Waals surface area contributed by atoms with E-state index in [1.54, 1.807) is 37.3 Å². The maximum Gasteiger partial charge on any atom is 0.338 e. The summed E-state index contributed by atoms with van der Waals surface area (Å²) in [5.74, 6) is 0.548. The molecule has 5 aromatic rings. The molecule has 0 saturated heterocycles. The van der Waals surface area contributed by atoms with Gasteiger partial charge in [-0.05, 0) is 67.9 Å². The number of halogens is 1. The van der Waals surface area contributed by atoms with Crippen LogP contribution in [0.5, 0.6) is 5.75 Å². The van der Waals surface area contributed by atoms with Crippen LogP contribution in [0.3, 0.4) is 0 Å². The third kappa shape index (κ3) is 7.12. The number of hydrogen-bond donors (Lipinski definition) is 0. The molecule has 12 nitrogen and oxygen atoms in total. The molecule has 3 aromatic carbocycles. The first-order valence-electron chi connectivity index (χ1n) is 16.2. The fourth-order valence-electron chi connectivity index (χ4n) is 5.89. The van der Waals surface area contributed by atoms with Gasteiger partial charge in [-0.2, -0.15) is 0 Å². The summed E-state index contributed by atoms with van der Waals surface area (Å²) in [5, 5.41) is 21.9. The number of carbonyl (C=O) groups excluding carboxylic acids is 1. The van der Waals surface area contributed by atoms with Gasteiger partial charge in [0.15, 0.2) is 15.8 Å². The van der Waals surface area contributed by atoms with E-state index in [1.165, 1.54) is 35.6 Å². The Morgan fingerprint density at radius 3 is 2.61 bits per heavy atom. The van der Waals surface area contributed by atoms with Crippen molar-refractivity contribution in [1.82, 2.24) is 19.3 Å². The number of fused-ring (bicyclic) bond motifs is 1. The Hall–Kier alpha value is -5.05. The van der Waals surface area contributed by atoms with Crippen molar-refractivity contribution in [2.24, 2.45) is 4.99 Å². The molecule has 6 rings (SSSR count). The number of non-ortho nitro benzene ring substituents is 1. The van der Waals surface area contributed by atoms with E-state index in [4.69, 9.17) is 26.1 Å². The molecule has 3 heterocycles. The lowest BCUT2D eigenvalue weighted by Gasteiger charge is -2.26. The molecular formula is C36H33ClN6O6S2. The summed E-state index contributed by atoms with van der Waals surface area (Å²) in [6.07, 6.45) is 2.80. The van der Waals surface area contributed by atoms with Crippen LogP contribution < -0.4 is 19.6 Å². The van der Waals surface area contributed by atoms with Gasteiger partial charge in [-0.1, -0.05) is 66.6 Å². The normalized spacial score (nSPS) is 14.3. The first kappa shape index (κ1) is 35.8. The van der Waals surface area contributed by atoms with Gasteiger partial charge in [-0.25, -0.2) is 9.79 Å². The first-order valence-corrected chi connectivity index (χ1v) is 18.2. The minimum absolute atomic E-state index is 0.142. The summed E-state index contributed by atoms with van der Waals surface area (Å²) >= 11 is 8.66. The Kier molecular flexibility index (Phi) is 10.8. The fourth-order valence-corrected chi connectivity index (χ4v) is 8.07. The van der Waals surface area contributed by atoms with Gasteiger partial charge >= 0.3 is 5.97 Å². The lowest BCUT2D eigenvalue weighted by atomic mass is 9.93. The second-order valence-electron chi connectivity index (χ2n) is 11.3. The smallest absolute Gasteiger partial charge is 0.338 e. The largest absolute Gasteiger partial charge is 0.496 e. The monoisotopic (exact) mass is 744 g/mol. The maximum atomic E-state index is 14.5. The van der Waals surface area contributed by atoms with Crippen LogP contribution in [-0.4, -0.2) is 43.9 Å². The summed E-state index contributed by atoms with van der Waals surface area (Å²) in [6.45, 7) is 6.36. The minimum Gasteiger partial charge on any atom is -0.496 e. The van der Waals surface area contributed by atoms with E-state index >= 15 is 0 Å². The number of esters is 1. The molecule has 1 aliphatic heterocycles. The van der Waals surface area contributed by atoms with Crippen LogP contribution in [0.2, 0.25) is 5.02 Å². The average molecular weight is 745 g/mol. The van der Waals surface area contributed by atoms with Crippen LogP contribution in [0.15, 0.2) is 97.8 Å². The zero-order valence-corrected chi connectivity index (χ0v) is 30.6. The number of nitrogens with zero attached hydrogens (tertiary/aromatic N) is 6. The molecule has 0 saturated carbocycles. The minimum atomic E-state index is -0.882. The molecular weight excluding hydrogens is 712 g/mol. The van der Waals surface area contributed by atoms with Crippen molar-refractivity contribution in [3.63, 3.8) is 0 Å². The van der Waals surface area contributed by atoms with Crippen molar-refractivity contribution < 1.29 is 19.2 Å². The number of ether oxygens (including phenoxy) is 2. The van der Waals surface area contributed by atoms with Gasteiger partial charge in [0.05, 0.1) is 34.4 Å². The molecule has 0 unspecified atom stereocenters. The van der Waals surface area contributed by atoms with Crippen molar-refractivity contribution in [3.8, 4) is 17.1 Å². The van der Waals surface area contributed by atoms with E-state index in [0.29, 0.717) is 67.7 Å². The molecule has 0 bridgehead atoms. The van der Waals surface area contributed by atoms with E-state index in [9.17, 15) is 19.7 Å². The predicted octanol–water partition coefficient (Wildman–Crippen LogP) is 6.58. The molecule has 2 aromatic heterocycles. The molecule has 0 amide bonds. The Bertz CT molecular complexity index is 2370. The summed E-state index contributed by atoms with van der Waals surface area (Å²) in [6, 6.07) is 18.1. The second kappa shape index (κ2) is 15.5. The van der Waals surface area contributed by atoms with Crippen LogP contribution in [-0.2, 0) is 16.1 Å². The molecule has 262 valence electrons. The van der Waals surface area contributed by atoms with Gasteiger partial charge in [-0.3, -0.25) is 19.5 Å². The second-order valence-corrected chi connectivity index (χ2v) is 13.8. The van der Waals surface area contributed by atoms with Crippen LogP contribution in [0.4, 0.5) is 5.69 Å². The molecule has 51 heavy (non-hydrogen) atoms. The summed E-state index contributed by atoms with van der Waals surface area (Å²) in [7, 11) is 1.53. The van der Waals surface area contributed by atoms with Crippen LogP contribution in [0.25, 0.3) is 17.5 Å². The quantitative estimate of drug-likeness (QED) is 0.0786. The third-order valence-corrected chi connectivity index (χ3v) is 10.4. The maximum absolute atomic E-state index is 14.5. The van der Waals surface area contributed by atoms with E-state index in [2.05, 4.69) is 10.2 Å². The number of aromatic nitrogens is 4. The first-order chi connectivity index (χ1) is 24.7.